The van der Waals surface area contributed by atoms with E-state index in [0.717, 1.165) is 6.07 Å². The molecule has 0 aliphatic heterocycles. The van der Waals surface area contributed by atoms with Crippen LogP contribution in [0.1, 0.15) is 10.4 Å². The molecule has 0 saturated heterocycles. The van der Waals surface area contributed by atoms with Gasteiger partial charge in [0.2, 0.25) is 0 Å². The maximum Gasteiger partial charge on any atom is 0.342 e. The number of carboxylic acids is 1. The molecule has 18 heavy (non-hydrogen) atoms. The van der Waals surface area contributed by atoms with Crippen LogP contribution in [0.5, 0.6) is 0 Å². The van der Waals surface area contributed by atoms with Gasteiger partial charge in [-0.2, -0.15) is 0 Å². The van der Waals surface area contributed by atoms with Gasteiger partial charge in [-0.15, -0.1) is 0 Å². The zero-order valence-corrected chi connectivity index (χ0v) is 9.47. The molecule has 0 aromatic heterocycles. The van der Waals surface area contributed by atoms with E-state index in [4.69, 9.17) is 9.84 Å². The number of ether oxygens (including phenoxy) is 1. The van der Waals surface area contributed by atoms with Gasteiger partial charge in [0.05, 0.1) is 23.3 Å². The smallest absolute Gasteiger partial charge is 0.342 e. The number of hydrogen-bond donors (Lipinski definition) is 2. The Morgan fingerprint density at radius 1 is 1.61 bits per heavy atom. The van der Waals surface area contributed by atoms with Crippen LogP contribution in [-0.2, 0) is 4.74 Å². The standard InChI is InChI=1S/C10H11FN2O5/c1-18-3-2-12-8-4-6(10(14)15)9(13(16)17)5-7(8)11/h4-5,12H,2-3H2,1H3,(H,14,15). The Morgan fingerprint density at radius 2 is 2.28 bits per heavy atom. The van der Waals surface area contributed by atoms with Crippen LogP contribution in [0.25, 0.3) is 0 Å². The Balaban J connectivity index is 3.11. The van der Waals surface area contributed by atoms with Gasteiger partial charge in [0, 0.05) is 13.7 Å². The molecule has 0 aliphatic carbocycles. The SMILES string of the molecule is COCCNc1cc(C(=O)O)c([N+](=O)[O-])cc1F. The van der Waals surface area contributed by atoms with Gasteiger partial charge < -0.3 is 15.2 Å². The highest BCUT2D eigenvalue weighted by molar-refractivity contribution is 5.93. The van der Waals surface area contributed by atoms with Gasteiger partial charge in [0.15, 0.2) is 5.82 Å². The molecule has 98 valence electrons. The van der Waals surface area contributed by atoms with E-state index in [2.05, 4.69) is 5.32 Å². The monoisotopic (exact) mass is 258 g/mol. The van der Waals surface area contributed by atoms with E-state index in [1.807, 2.05) is 0 Å². The number of rotatable bonds is 6. The van der Waals surface area contributed by atoms with Gasteiger partial charge in [0.1, 0.15) is 5.56 Å². The number of halogens is 1. The van der Waals surface area contributed by atoms with Crippen molar-refractivity contribution in [1.82, 2.24) is 0 Å². The van der Waals surface area contributed by atoms with E-state index in [9.17, 15) is 19.3 Å². The molecule has 8 heteroatoms. The largest absolute Gasteiger partial charge is 0.477 e. The van der Waals surface area contributed by atoms with Crippen LogP contribution in [0.15, 0.2) is 12.1 Å². The first-order valence-corrected chi connectivity index (χ1v) is 4.91. The minimum Gasteiger partial charge on any atom is -0.477 e. The minimum atomic E-state index is -1.49. The zero-order chi connectivity index (χ0) is 13.7. The summed E-state index contributed by atoms with van der Waals surface area (Å²) in [5, 5.41) is 22.0. The highest BCUT2D eigenvalue weighted by Gasteiger charge is 2.23. The first-order chi connectivity index (χ1) is 8.47. The third-order valence-corrected chi connectivity index (χ3v) is 2.13. The van der Waals surface area contributed by atoms with Gasteiger partial charge in [0.25, 0.3) is 5.69 Å². The number of anilines is 1. The van der Waals surface area contributed by atoms with Crippen LogP contribution in [0, 0.1) is 15.9 Å². The maximum absolute atomic E-state index is 13.5. The molecule has 0 saturated carbocycles. The summed E-state index contributed by atoms with van der Waals surface area (Å²) in [7, 11) is 1.45. The molecule has 1 rings (SSSR count). The van der Waals surface area contributed by atoms with Crippen molar-refractivity contribution in [2.75, 3.05) is 25.6 Å². The zero-order valence-electron chi connectivity index (χ0n) is 9.47. The van der Waals surface area contributed by atoms with Crippen molar-refractivity contribution in [3.63, 3.8) is 0 Å². The van der Waals surface area contributed by atoms with Gasteiger partial charge in [-0.1, -0.05) is 0 Å². The predicted molar refractivity (Wildman–Crippen MR) is 60.4 cm³/mol. The van der Waals surface area contributed by atoms with Crippen molar-refractivity contribution < 1.29 is 24.0 Å². The average molecular weight is 258 g/mol. The number of nitro benzene ring substituents is 1. The Bertz CT molecular complexity index is 478. The van der Waals surface area contributed by atoms with E-state index in [-0.39, 0.29) is 12.2 Å². The van der Waals surface area contributed by atoms with E-state index >= 15 is 0 Å². The molecule has 7 nitrogen and oxygen atoms in total. The molecule has 0 atom stereocenters. The minimum absolute atomic E-state index is 0.116. The third-order valence-electron chi connectivity index (χ3n) is 2.13. The number of carbonyl (C=O) groups is 1. The molecule has 0 fully saturated rings. The van der Waals surface area contributed by atoms with Crippen molar-refractivity contribution >= 4 is 17.3 Å². The summed E-state index contributed by atoms with van der Waals surface area (Å²) in [5.41, 5.74) is -1.46. The highest BCUT2D eigenvalue weighted by Crippen LogP contribution is 2.26. The molecule has 0 spiro atoms. The fourth-order valence-corrected chi connectivity index (χ4v) is 1.31. The fourth-order valence-electron chi connectivity index (χ4n) is 1.31. The van der Waals surface area contributed by atoms with Crippen molar-refractivity contribution in [2.24, 2.45) is 0 Å². The number of nitrogens with zero attached hydrogens (tertiary/aromatic N) is 1. The summed E-state index contributed by atoms with van der Waals surface area (Å²) in [6, 6.07) is 1.48. The number of carboxylic acid groups (broad SMARTS) is 1. The molecular formula is C10H11FN2O5. The summed E-state index contributed by atoms with van der Waals surface area (Å²) in [4.78, 5) is 20.5. The molecule has 0 radical (unpaired) electrons. The van der Waals surface area contributed by atoms with Gasteiger partial charge in [-0.25, -0.2) is 9.18 Å². The van der Waals surface area contributed by atoms with Crippen LogP contribution in [0.3, 0.4) is 0 Å². The summed E-state index contributed by atoms with van der Waals surface area (Å²) in [6.45, 7) is 0.545. The lowest BCUT2D eigenvalue weighted by atomic mass is 10.1. The predicted octanol–water partition coefficient (Wildman–Crippen LogP) is 1.49. The summed E-state index contributed by atoms with van der Waals surface area (Å²) >= 11 is 0. The summed E-state index contributed by atoms with van der Waals surface area (Å²) < 4.78 is 18.2. The molecule has 1 aromatic carbocycles. The maximum atomic E-state index is 13.5. The lowest BCUT2D eigenvalue weighted by molar-refractivity contribution is -0.385. The Kier molecular flexibility index (Phi) is 4.55. The number of aromatic carboxylic acids is 1. The van der Waals surface area contributed by atoms with Crippen LogP contribution < -0.4 is 5.32 Å². The van der Waals surface area contributed by atoms with Crippen molar-refractivity contribution in [3.05, 3.63) is 33.6 Å². The molecule has 2 N–H and O–H groups in total. The van der Waals surface area contributed by atoms with Gasteiger partial charge in [-0.3, -0.25) is 10.1 Å². The number of benzene rings is 1. The Labute approximate surface area is 101 Å². The molecular weight excluding hydrogens is 247 g/mol. The molecule has 0 heterocycles. The van der Waals surface area contributed by atoms with Crippen LogP contribution in [-0.4, -0.2) is 36.3 Å². The molecule has 0 unspecified atom stereocenters. The van der Waals surface area contributed by atoms with Crippen LogP contribution in [0.4, 0.5) is 15.8 Å². The average Bonchev–Trinajstić information content (AvgIpc) is 2.30. The highest BCUT2D eigenvalue weighted by atomic mass is 19.1. The lowest BCUT2D eigenvalue weighted by Gasteiger charge is -2.08. The topological polar surface area (TPSA) is 102 Å². The lowest BCUT2D eigenvalue weighted by Crippen LogP contribution is -2.11. The molecule has 0 aliphatic rings. The first-order valence-electron chi connectivity index (χ1n) is 4.91. The third kappa shape index (κ3) is 3.14. The molecule has 0 amide bonds. The fraction of sp³-hybridized carbons (Fsp3) is 0.300. The van der Waals surface area contributed by atoms with Gasteiger partial charge in [-0.05, 0) is 6.07 Å². The van der Waals surface area contributed by atoms with Crippen molar-refractivity contribution in [1.29, 1.82) is 0 Å². The van der Waals surface area contributed by atoms with Crippen molar-refractivity contribution in [2.45, 2.75) is 0 Å². The number of hydrogen-bond acceptors (Lipinski definition) is 5. The van der Waals surface area contributed by atoms with E-state index < -0.39 is 28.0 Å². The number of nitrogens with one attached hydrogen (secondary N) is 1. The second kappa shape index (κ2) is 5.92. The number of nitro groups is 1. The summed E-state index contributed by atoms with van der Waals surface area (Å²) in [6.07, 6.45) is 0. The molecule has 1 aromatic rings. The second-order valence-corrected chi connectivity index (χ2v) is 3.33. The van der Waals surface area contributed by atoms with Crippen LogP contribution >= 0.6 is 0 Å². The second-order valence-electron chi connectivity index (χ2n) is 3.33. The number of methoxy groups -OCH3 is 1. The van der Waals surface area contributed by atoms with Crippen LogP contribution in [0.2, 0.25) is 0 Å². The summed E-state index contributed by atoms with van der Waals surface area (Å²) in [5.74, 6) is -2.38. The van der Waals surface area contributed by atoms with Crippen molar-refractivity contribution in [3.8, 4) is 0 Å². The van der Waals surface area contributed by atoms with E-state index in [1.165, 1.54) is 7.11 Å². The van der Waals surface area contributed by atoms with E-state index in [1.54, 1.807) is 0 Å². The normalized spacial score (nSPS) is 10.1. The quantitative estimate of drug-likeness (QED) is 0.455. The van der Waals surface area contributed by atoms with Gasteiger partial charge >= 0.3 is 5.97 Å². The Hall–Kier alpha value is -2.22. The molecule has 0 bridgehead atoms. The first kappa shape index (κ1) is 13.8. The van der Waals surface area contributed by atoms with E-state index in [0.29, 0.717) is 12.7 Å². The Morgan fingerprint density at radius 3 is 2.78 bits per heavy atom.